The highest BCUT2D eigenvalue weighted by atomic mass is 127. The van der Waals surface area contributed by atoms with Crippen LogP contribution in [0.3, 0.4) is 0 Å². The first kappa shape index (κ1) is 15.3. The Morgan fingerprint density at radius 1 is 1.05 bits per heavy atom. The van der Waals surface area contributed by atoms with Crippen LogP contribution in [0.4, 0.5) is 0 Å². The van der Waals surface area contributed by atoms with Gasteiger partial charge in [0.25, 0.3) is 0 Å². The molecule has 2 aromatic carbocycles. The van der Waals surface area contributed by atoms with Crippen molar-refractivity contribution in [2.24, 2.45) is 0 Å². The van der Waals surface area contributed by atoms with Crippen molar-refractivity contribution in [2.45, 2.75) is 26.5 Å². The molecule has 0 fully saturated rings. The molecule has 0 aliphatic heterocycles. The maximum absolute atomic E-state index is 5.95. The first-order chi connectivity index (χ1) is 9.79. The van der Waals surface area contributed by atoms with Gasteiger partial charge in [-0.1, -0.05) is 37.3 Å². The van der Waals surface area contributed by atoms with Crippen molar-refractivity contribution in [1.82, 2.24) is 5.32 Å². The molecular weight excluding hydrogens is 361 g/mol. The first-order valence-corrected chi connectivity index (χ1v) is 8.03. The largest absolute Gasteiger partial charge is 0.489 e. The Labute approximate surface area is 134 Å². The highest BCUT2D eigenvalue weighted by molar-refractivity contribution is 14.1. The fraction of sp³-hybridized carbons (Fsp3) is 0.294. The third-order valence-electron chi connectivity index (χ3n) is 3.02. The first-order valence-electron chi connectivity index (χ1n) is 6.95. The van der Waals surface area contributed by atoms with Gasteiger partial charge in [-0.05, 0) is 59.3 Å². The van der Waals surface area contributed by atoms with Crippen LogP contribution in [0.5, 0.6) is 5.75 Å². The number of ether oxygens (including phenoxy) is 1. The van der Waals surface area contributed by atoms with E-state index in [9.17, 15) is 0 Å². The smallest absolute Gasteiger partial charge is 0.124 e. The van der Waals surface area contributed by atoms with Crippen LogP contribution < -0.4 is 10.1 Å². The third-order valence-corrected chi connectivity index (χ3v) is 3.74. The second kappa shape index (κ2) is 8.27. The van der Waals surface area contributed by atoms with Gasteiger partial charge in [-0.25, -0.2) is 0 Å². The lowest BCUT2D eigenvalue weighted by atomic mass is 10.2. The van der Waals surface area contributed by atoms with Crippen LogP contribution >= 0.6 is 22.6 Å². The molecule has 0 radical (unpaired) electrons. The zero-order valence-electron chi connectivity index (χ0n) is 11.7. The van der Waals surface area contributed by atoms with Gasteiger partial charge in [-0.3, -0.25) is 0 Å². The maximum atomic E-state index is 5.95. The number of hydrogen-bond donors (Lipinski definition) is 1. The van der Waals surface area contributed by atoms with E-state index < -0.39 is 0 Å². The monoisotopic (exact) mass is 381 g/mol. The van der Waals surface area contributed by atoms with Gasteiger partial charge in [-0.15, -0.1) is 0 Å². The molecule has 0 saturated carbocycles. The minimum atomic E-state index is 0.613. The van der Waals surface area contributed by atoms with Gasteiger partial charge < -0.3 is 10.1 Å². The van der Waals surface area contributed by atoms with Gasteiger partial charge in [0.2, 0.25) is 0 Å². The predicted molar refractivity (Wildman–Crippen MR) is 91.9 cm³/mol. The molecule has 2 aromatic rings. The molecule has 0 atom stereocenters. The Hall–Kier alpha value is -1.07. The summed E-state index contributed by atoms with van der Waals surface area (Å²) in [5.74, 6) is 0.967. The molecule has 0 unspecified atom stereocenters. The number of halogens is 1. The van der Waals surface area contributed by atoms with Gasteiger partial charge >= 0.3 is 0 Å². The molecule has 3 heteroatoms. The number of rotatable bonds is 7. The van der Waals surface area contributed by atoms with Crippen LogP contribution in [-0.2, 0) is 13.2 Å². The number of hydrogen-bond acceptors (Lipinski definition) is 2. The van der Waals surface area contributed by atoms with E-state index >= 15 is 0 Å². The highest BCUT2D eigenvalue weighted by Crippen LogP contribution is 2.19. The average molecular weight is 381 g/mol. The molecule has 0 aliphatic rings. The summed E-state index contributed by atoms with van der Waals surface area (Å²) < 4.78 is 7.20. The zero-order chi connectivity index (χ0) is 14.2. The van der Waals surface area contributed by atoms with E-state index in [0.29, 0.717) is 6.61 Å². The molecule has 0 aromatic heterocycles. The summed E-state index contributed by atoms with van der Waals surface area (Å²) in [5.41, 5.74) is 2.41. The standard InChI is InChI=1S/C17H20INO/c1-2-11-19-12-15-5-3-4-6-17(15)20-13-14-7-9-16(18)10-8-14/h3-10,19H,2,11-13H2,1H3. The van der Waals surface area contributed by atoms with Crippen molar-refractivity contribution in [2.75, 3.05) is 6.54 Å². The van der Waals surface area contributed by atoms with Crippen LogP contribution in [-0.4, -0.2) is 6.54 Å². The van der Waals surface area contributed by atoms with Crippen molar-refractivity contribution in [3.63, 3.8) is 0 Å². The quantitative estimate of drug-likeness (QED) is 0.568. The SMILES string of the molecule is CCCNCc1ccccc1OCc1ccc(I)cc1. The molecule has 1 N–H and O–H groups in total. The van der Waals surface area contributed by atoms with Crippen molar-refractivity contribution in [1.29, 1.82) is 0 Å². The fourth-order valence-electron chi connectivity index (χ4n) is 1.93. The van der Waals surface area contributed by atoms with Gasteiger partial charge in [0, 0.05) is 15.7 Å². The van der Waals surface area contributed by atoms with Crippen LogP contribution in [0.1, 0.15) is 24.5 Å². The normalized spacial score (nSPS) is 10.5. The van der Waals surface area contributed by atoms with Crippen molar-refractivity contribution in [3.8, 4) is 5.75 Å². The van der Waals surface area contributed by atoms with Crippen LogP contribution in [0.2, 0.25) is 0 Å². The fourth-order valence-corrected chi connectivity index (χ4v) is 2.29. The Morgan fingerprint density at radius 3 is 2.55 bits per heavy atom. The van der Waals surface area contributed by atoms with Gasteiger partial charge in [0.1, 0.15) is 12.4 Å². The summed E-state index contributed by atoms with van der Waals surface area (Å²) in [6.45, 7) is 4.68. The van der Waals surface area contributed by atoms with Gasteiger partial charge in [0.05, 0.1) is 0 Å². The summed E-state index contributed by atoms with van der Waals surface area (Å²) in [5, 5.41) is 3.42. The minimum Gasteiger partial charge on any atom is -0.489 e. The van der Waals surface area contributed by atoms with Gasteiger partial charge in [0.15, 0.2) is 0 Å². The maximum Gasteiger partial charge on any atom is 0.124 e. The van der Waals surface area contributed by atoms with Crippen LogP contribution in [0, 0.1) is 3.57 Å². The van der Waals surface area contributed by atoms with E-state index in [4.69, 9.17) is 4.74 Å². The molecule has 0 aliphatic carbocycles. The lowest BCUT2D eigenvalue weighted by Gasteiger charge is -2.12. The summed E-state index contributed by atoms with van der Waals surface area (Å²) >= 11 is 2.31. The summed E-state index contributed by atoms with van der Waals surface area (Å²) in [7, 11) is 0. The summed E-state index contributed by atoms with van der Waals surface area (Å²) in [6, 6.07) is 16.7. The van der Waals surface area contributed by atoms with E-state index in [0.717, 1.165) is 25.3 Å². The predicted octanol–water partition coefficient (Wildman–Crippen LogP) is 4.37. The minimum absolute atomic E-state index is 0.613. The Bertz CT molecular complexity index is 525. The average Bonchev–Trinajstić information content (AvgIpc) is 2.48. The van der Waals surface area contributed by atoms with Crippen molar-refractivity contribution >= 4 is 22.6 Å². The van der Waals surface area contributed by atoms with E-state index in [1.807, 2.05) is 12.1 Å². The molecule has 20 heavy (non-hydrogen) atoms. The molecule has 0 saturated heterocycles. The van der Waals surface area contributed by atoms with E-state index in [1.165, 1.54) is 14.7 Å². The highest BCUT2D eigenvalue weighted by Gasteiger charge is 2.03. The summed E-state index contributed by atoms with van der Waals surface area (Å²) in [4.78, 5) is 0. The molecule has 0 spiro atoms. The topological polar surface area (TPSA) is 21.3 Å². The van der Waals surface area contributed by atoms with Crippen LogP contribution in [0.15, 0.2) is 48.5 Å². The molecule has 2 rings (SSSR count). The number of nitrogens with one attached hydrogen (secondary N) is 1. The lowest BCUT2D eigenvalue weighted by molar-refractivity contribution is 0.302. The summed E-state index contributed by atoms with van der Waals surface area (Å²) in [6.07, 6.45) is 1.14. The van der Waals surface area contributed by atoms with Crippen molar-refractivity contribution in [3.05, 3.63) is 63.2 Å². The molecule has 0 amide bonds. The van der Waals surface area contributed by atoms with Crippen molar-refractivity contribution < 1.29 is 4.74 Å². The van der Waals surface area contributed by atoms with E-state index in [2.05, 4.69) is 71.2 Å². The number of benzene rings is 2. The lowest BCUT2D eigenvalue weighted by Crippen LogP contribution is -2.14. The third kappa shape index (κ3) is 4.80. The molecule has 0 heterocycles. The molecule has 106 valence electrons. The second-order valence-electron chi connectivity index (χ2n) is 4.70. The zero-order valence-corrected chi connectivity index (χ0v) is 13.9. The Kier molecular flexibility index (Phi) is 6.33. The van der Waals surface area contributed by atoms with E-state index in [-0.39, 0.29) is 0 Å². The van der Waals surface area contributed by atoms with Gasteiger partial charge in [-0.2, -0.15) is 0 Å². The Balaban J connectivity index is 1.96. The number of para-hydroxylation sites is 1. The molecule has 2 nitrogen and oxygen atoms in total. The Morgan fingerprint density at radius 2 is 1.80 bits per heavy atom. The van der Waals surface area contributed by atoms with E-state index in [1.54, 1.807) is 0 Å². The molecular formula is C17H20INO. The second-order valence-corrected chi connectivity index (χ2v) is 5.95. The molecule has 0 bridgehead atoms. The van der Waals surface area contributed by atoms with Crippen LogP contribution in [0.25, 0.3) is 0 Å².